The number of ether oxygens (including phenoxy) is 3. The average Bonchev–Trinajstić information content (AvgIpc) is 2.98. The minimum Gasteiger partial charge on any atom is -0.428 e. The lowest BCUT2D eigenvalue weighted by Gasteiger charge is -2.31. The number of alkyl halides is 3. The van der Waals surface area contributed by atoms with Gasteiger partial charge in [0, 0.05) is 7.11 Å². The monoisotopic (exact) mass is 519 g/mol. The first-order valence-electron chi connectivity index (χ1n) is 10.9. The Morgan fingerprint density at radius 2 is 1.70 bits per heavy atom. The molecule has 0 radical (unpaired) electrons. The first-order chi connectivity index (χ1) is 17.1. The van der Waals surface area contributed by atoms with E-state index in [1.54, 1.807) is 20.8 Å². The second-order valence-electron chi connectivity index (χ2n) is 9.27. The molecule has 0 bridgehead atoms. The van der Waals surface area contributed by atoms with Crippen LogP contribution >= 0.6 is 0 Å². The van der Waals surface area contributed by atoms with Crippen molar-refractivity contribution in [1.82, 2.24) is 4.90 Å². The Kier molecular flexibility index (Phi) is 7.23. The molecule has 0 spiro atoms. The van der Waals surface area contributed by atoms with Gasteiger partial charge in [0.15, 0.2) is 0 Å². The molecule has 0 N–H and O–H groups in total. The number of anilines is 1. The summed E-state index contributed by atoms with van der Waals surface area (Å²) in [5, 5.41) is 9.06. The smallest absolute Gasteiger partial charge is 0.428 e. The van der Waals surface area contributed by atoms with Crippen molar-refractivity contribution in [2.24, 2.45) is 0 Å². The second-order valence-corrected chi connectivity index (χ2v) is 9.27. The summed E-state index contributed by atoms with van der Waals surface area (Å²) in [6, 6.07) is 8.79. The van der Waals surface area contributed by atoms with Gasteiger partial charge in [-0.3, -0.25) is 9.69 Å². The number of hydrogen-bond donors (Lipinski definition) is 0. The number of carbonyl (C=O) groups is 3. The Morgan fingerprint density at radius 3 is 2.22 bits per heavy atom. The number of hydrogen-bond acceptors (Lipinski definition) is 7. The summed E-state index contributed by atoms with van der Waals surface area (Å²) in [5.41, 5.74) is -4.44. The maximum Gasteiger partial charge on any atom is 0.514 e. The SMILES string of the molecule is COCN1C(=O)N(c2ccc(C#N)c(C(F)(F)F)c2)C(=O)[C@@]1(C)c1ccc(OC(=O)OC(C)(C)C)cc1. The van der Waals surface area contributed by atoms with Gasteiger partial charge in [-0.1, -0.05) is 12.1 Å². The molecule has 12 heteroatoms. The number of nitrogens with zero attached hydrogens (tertiary/aromatic N) is 3. The first-order valence-corrected chi connectivity index (χ1v) is 10.9. The van der Waals surface area contributed by atoms with Gasteiger partial charge in [-0.25, -0.2) is 14.5 Å². The van der Waals surface area contributed by atoms with E-state index in [0.717, 1.165) is 17.0 Å². The van der Waals surface area contributed by atoms with Crippen molar-refractivity contribution in [1.29, 1.82) is 5.26 Å². The van der Waals surface area contributed by atoms with Gasteiger partial charge < -0.3 is 14.2 Å². The van der Waals surface area contributed by atoms with Crippen molar-refractivity contribution in [2.75, 3.05) is 18.7 Å². The van der Waals surface area contributed by atoms with Gasteiger partial charge in [0.2, 0.25) is 0 Å². The fourth-order valence-electron chi connectivity index (χ4n) is 3.77. The van der Waals surface area contributed by atoms with E-state index in [-0.39, 0.29) is 23.7 Å². The Labute approximate surface area is 210 Å². The van der Waals surface area contributed by atoms with Crippen LogP contribution in [0.1, 0.15) is 44.4 Å². The Bertz CT molecular complexity index is 1260. The number of amides is 3. The maximum absolute atomic E-state index is 13.6. The normalized spacial score (nSPS) is 18.1. The van der Waals surface area contributed by atoms with Crippen LogP contribution in [0.2, 0.25) is 0 Å². The van der Waals surface area contributed by atoms with Crippen molar-refractivity contribution in [3.8, 4) is 11.8 Å². The molecule has 0 aliphatic carbocycles. The molecule has 196 valence electrons. The van der Waals surface area contributed by atoms with Gasteiger partial charge in [0.25, 0.3) is 5.91 Å². The molecular formula is C25H24F3N3O6. The molecule has 9 nitrogen and oxygen atoms in total. The van der Waals surface area contributed by atoms with Gasteiger partial charge in [0.1, 0.15) is 23.6 Å². The zero-order chi connectivity index (χ0) is 27.8. The summed E-state index contributed by atoms with van der Waals surface area (Å²) in [5.74, 6) is -0.733. The van der Waals surface area contributed by atoms with E-state index in [1.165, 1.54) is 44.4 Å². The molecule has 1 fully saturated rings. The molecule has 3 rings (SSSR count). The van der Waals surface area contributed by atoms with Crippen molar-refractivity contribution >= 4 is 23.8 Å². The largest absolute Gasteiger partial charge is 0.514 e. The van der Waals surface area contributed by atoms with Crippen molar-refractivity contribution in [2.45, 2.75) is 45.0 Å². The predicted octanol–water partition coefficient (Wildman–Crippen LogP) is 5.18. The molecule has 0 unspecified atom stereocenters. The fraction of sp³-hybridized carbons (Fsp3) is 0.360. The molecule has 3 amide bonds. The summed E-state index contributed by atoms with van der Waals surface area (Å²) in [6.45, 7) is 6.08. The van der Waals surface area contributed by atoms with Crippen LogP contribution in [0.3, 0.4) is 0 Å². The van der Waals surface area contributed by atoms with Crippen LogP contribution < -0.4 is 9.64 Å². The molecule has 1 aliphatic rings. The van der Waals surface area contributed by atoms with Crippen molar-refractivity contribution in [3.63, 3.8) is 0 Å². The van der Waals surface area contributed by atoms with Crippen molar-refractivity contribution in [3.05, 3.63) is 59.2 Å². The molecule has 1 heterocycles. The molecule has 37 heavy (non-hydrogen) atoms. The summed E-state index contributed by atoms with van der Waals surface area (Å²) in [4.78, 5) is 40.5. The topological polar surface area (TPSA) is 109 Å². The third-order valence-corrected chi connectivity index (χ3v) is 5.53. The Balaban J connectivity index is 2.00. The first kappa shape index (κ1) is 27.5. The van der Waals surface area contributed by atoms with Crippen LogP contribution in [0.4, 0.5) is 28.4 Å². The van der Waals surface area contributed by atoms with Crippen LogP contribution in [-0.2, 0) is 26.0 Å². The standard InChI is InChI=1S/C25H24F3N3O6/c1-23(2,3)37-22(34)36-18-10-7-16(8-11-18)24(4)20(32)31(21(33)30(24)14-35-5)17-9-6-15(13-29)19(12-17)25(26,27)28/h6-12H,14H2,1-5H3/t24-/m1/s1. The van der Waals surface area contributed by atoms with E-state index >= 15 is 0 Å². The van der Waals surface area contributed by atoms with E-state index in [2.05, 4.69) is 0 Å². The van der Waals surface area contributed by atoms with E-state index < -0.39 is 46.5 Å². The summed E-state index contributed by atoms with van der Waals surface area (Å²) in [6.07, 6.45) is -5.82. The van der Waals surface area contributed by atoms with Crippen molar-refractivity contribution < 1.29 is 41.8 Å². The molecule has 1 saturated heterocycles. The molecule has 2 aromatic carbocycles. The second kappa shape index (κ2) is 9.74. The van der Waals surface area contributed by atoms with Gasteiger partial charge in [-0.15, -0.1) is 0 Å². The number of benzene rings is 2. The minimum absolute atomic E-state index is 0.107. The van der Waals surface area contributed by atoms with Crippen LogP contribution in [0.5, 0.6) is 5.75 Å². The van der Waals surface area contributed by atoms with Gasteiger partial charge in [-0.05, 0) is 63.6 Å². The number of nitriles is 1. The van der Waals surface area contributed by atoms with E-state index in [9.17, 15) is 27.6 Å². The number of rotatable bonds is 5. The number of urea groups is 1. The molecular weight excluding hydrogens is 495 g/mol. The van der Waals surface area contributed by atoms with E-state index in [0.29, 0.717) is 11.0 Å². The quantitative estimate of drug-likeness (QED) is 0.304. The zero-order valence-electron chi connectivity index (χ0n) is 20.7. The van der Waals surface area contributed by atoms with Gasteiger partial charge in [-0.2, -0.15) is 18.4 Å². The lowest BCUT2D eigenvalue weighted by Crippen LogP contribution is -2.45. The highest BCUT2D eigenvalue weighted by molar-refractivity contribution is 6.23. The maximum atomic E-state index is 13.6. The number of imide groups is 1. The number of carbonyl (C=O) groups excluding carboxylic acids is 3. The third kappa shape index (κ3) is 5.36. The molecule has 2 aromatic rings. The highest BCUT2D eigenvalue weighted by atomic mass is 19.4. The summed E-state index contributed by atoms with van der Waals surface area (Å²) in [7, 11) is 1.29. The Morgan fingerprint density at radius 1 is 1.08 bits per heavy atom. The fourth-order valence-corrected chi connectivity index (χ4v) is 3.77. The van der Waals surface area contributed by atoms with Gasteiger partial charge >= 0.3 is 18.4 Å². The molecule has 1 aliphatic heterocycles. The van der Waals surface area contributed by atoms with E-state index in [4.69, 9.17) is 19.5 Å². The Hall–Kier alpha value is -4.11. The van der Waals surface area contributed by atoms with Crippen LogP contribution in [-0.4, -0.2) is 42.4 Å². The highest BCUT2D eigenvalue weighted by Crippen LogP contribution is 2.42. The lowest BCUT2D eigenvalue weighted by atomic mass is 9.90. The van der Waals surface area contributed by atoms with Gasteiger partial charge in [0.05, 0.1) is 22.9 Å². The van der Waals surface area contributed by atoms with Crippen LogP contribution in [0.15, 0.2) is 42.5 Å². The molecule has 0 saturated carbocycles. The molecule has 1 atom stereocenters. The average molecular weight is 519 g/mol. The third-order valence-electron chi connectivity index (χ3n) is 5.53. The predicted molar refractivity (Wildman–Crippen MR) is 123 cm³/mol. The van der Waals surface area contributed by atoms with Crippen LogP contribution in [0, 0.1) is 11.3 Å². The molecule has 0 aromatic heterocycles. The minimum atomic E-state index is -4.88. The zero-order valence-corrected chi connectivity index (χ0v) is 20.7. The van der Waals surface area contributed by atoms with Crippen LogP contribution in [0.25, 0.3) is 0 Å². The highest BCUT2D eigenvalue weighted by Gasteiger charge is 2.56. The van der Waals surface area contributed by atoms with E-state index in [1.807, 2.05) is 0 Å². The lowest BCUT2D eigenvalue weighted by molar-refractivity contribution is -0.137. The summed E-state index contributed by atoms with van der Waals surface area (Å²) < 4.78 is 55.9. The summed E-state index contributed by atoms with van der Waals surface area (Å²) >= 11 is 0. The number of methoxy groups -OCH3 is 1. The number of halogens is 3.